The van der Waals surface area contributed by atoms with Gasteiger partial charge in [0.05, 0.1) is 0 Å². The molecule has 0 saturated heterocycles. The Morgan fingerprint density at radius 1 is 1.10 bits per heavy atom. The van der Waals surface area contributed by atoms with Gasteiger partial charge in [0, 0.05) is 28.7 Å². The van der Waals surface area contributed by atoms with Crippen LogP contribution in [0.15, 0.2) is 42.5 Å². The molecule has 0 aliphatic carbocycles. The van der Waals surface area contributed by atoms with Gasteiger partial charge in [-0.25, -0.2) is 8.78 Å². The van der Waals surface area contributed by atoms with Crippen LogP contribution in [0.25, 0.3) is 0 Å². The zero-order chi connectivity index (χ0) is 15.4. The lowest BCUT2D eigenvalue weighted by molar-refractivity contribution is 0.441. The number of rotatable bonds is 5. The van der Waals surface area contributed by atoms with E-state index in [4.69, 9.17) is 11.6 Å². The number of hydrogen-bond acceptors (Lipinski definition) is 1. The minimum Gasteiger partial charge on any atom is -0.303 e. The predicted octanol–water partition coefficient (Wildman–Crippen LogP) is 5.42. The highest BCUT2D eigenvalue weighted by atomic mass is 35.5. The normalized spacial score (nSPS) is 14.0. The Bertz CT molecular complexity index is 598. The maximum atomic E-state index is 13.8. The van der Waals surface area contributed by atoms with Gasteiger partial charge in [0.1, 0.15) is 11.6 Å². The molecule has 2 unspecified atom stereocenters. The summed E-state index contributed by atoms with van der Waals surface area (Å²) in [7, 11) is 0. The second-order valence-electron chi connectivity index (χ2n) is 5.07. The molecule has 2 atom stereocenters. The van der Waals surface area contributed by atoms with Crippen LogP contribution in [0.1, 0.15) is 43.5 Å². The average Bonchev–Trinajstić information content (AvgIpc) is 2.45. The van der Waals surface area contributed by atoms with E-state index in [9.17, 15) is 8.78 Å². The van der Waals surface area contributed by atoms with Crippen LogP contribution < -0.4 is 5.32 Å². The van der Waals surface area contributed by atoms with Gasteiger partial charge in [-0.2, -0.15) is 0 Å². The molecule has 2 rings (SSSR count). The zero-order valence-corrected chi connectivity index (χ0v) is 12.8. The van der Waals surface area contributed by atoms with E-state index < -0.39 is 11.6 Å². The van der Waals surface area contributed by atoms with Crippen molar-refractivity contribution in [1.29, 1.82) is 0 Å². The summed E-state index contributed by atoms with van der Waals surface area (Å²) in [5, 5.41) is 4.06. The van der Waals surface area contributed by atoms with Gasteiger partial charge in [0.2, 0.25) is 0 Å². The van der Waals surface area contributed by atoms with Crippen LogP contribution in [0.4, 0.5) is 8.78 Å². The molecule has 0 heterocycles. The molecular weight excluding hydrogens is 292 g/mol. The molecule has 1 nitrogen and oxygen atoms in total. The first kappa shape index (κ1) is 15.9. The lowest BCUT2D eigenvalue weighted by Crippen LogP contribution is -2.25. The van der Waals surface area contributed by atoms with Gasteiger partial charge in [0.15, 0.2) is 0 Å². The first-order chi connectivity index (χ1) is 10.0. The highest BCUT2D eigenvalue weighted by Crippen LogP contribution is 2.25. The van der Waals surface area contributed by atoms with E-state index in [1.807, 2.05) is 31.2 Å². The van der Waals surface area contributed by atoms with Crippen LogP contribution >= 0.6 is 11.6 Å². The molecular formula is C17H18ClF2N. The SMILES string of the molecule is CCC(NC(C)c1ccc(F)cc1F)c1ccc(Cl)cc1. The van der Waals surface area contributed by atoms with Gasteiger partial charge in [-0.3, -0.25) is 0 Å². The van der Waals surface area contributed by atoms with E-state index in [0.717, 1.165) is 18.1 Å². The molecule has 0 radical (unpaired) electrons. The molecule has 0 amide bonds. The number of halogens is 3. The summed E-state index contributed by atoms with van der Waals surface area (Å²) >= 11 is 5.89. The van der Waals surface area contributed by atoms with Crippen LogP contribution in [0, 0.1) is 11.6 Å². The maximum absolute atomic E-state index is 13.8. The summed E-state index contributed by atoms with van der Waals surface area (Å²) in [6, 6.07) is 11.1. The summed E-state index contributed by atoms with van der Waals surface area (Å²) in [5.41, 5.74) is 1.56. The van der Waals surface area contributed by atoms with Crippen molar-refractivity contribution in [3.8, 4) is 0 Å². The topological polar surface area (TPSA) is 12.0 Å². The summed E-state index contributed by atoms with van der Waals surface area (Å²) in [5.74, 6) is -1.09. The van der Waals surface area contributed by atoms with Crippen molar-refractivity contribution in [2.75, 3.05) is 0 Å². The first-order valence-electron chi connectivity index (χ1n) is 6.97. The van der Waals surface area contributed by atoms with Gasteiger partial charge < -0.3 is 5.32 Å². The van der Waals surface area contributed by atoms with E-state index in [2.05, 4.69) is 12.2 Å². The van der Waals surface area contributed by atoms with Gasteiger partial charge in [-0.1, -0.05) is 36.7 Å². The van der Waals surface area contributed by atoms with Crippen molar-refractivity contribution in [3.63, 3.8) is 0 Å². The number of hydrogen-bond donors (Lipinski definition) is 1. The summed E-state index contributed by atoms with van der Waals surface area (Å²) in [6.45, 7) is 3.93. The molecule has 0 spiro atoms. The highest BCUT2D eigenvalue weighted by molar-refractivity contribution is 6.30. The Kier molecular flexibility index (Phi) is 5.32. The monoisotopic (exact) mass is 309 g/mol. The fourth-order valence-corrected chi connectivity index (χ4v) is 2.52. The van der Waals surface area contributed by atoms with Crippen molar-refractivity contribution in [1.82, 2.24) is 5.32 Å². The van der Waals surface area contributed by atoms with E-state index in [0.29, 0.717) is 10.6 Å². The van der Waals surface area contributed by atoms with Crippen LogP contribution in [-0.4, -0.2) is 0 Å². The lowest BCUT2D eigenvalue weighted by Gasteiger charge is -2.23. The van der Waals surface area contributed by atoms with Crippen molar-refractivity contribution < 1.29 is 8.78 Å². The van der Waals surface area contributed by atoms with E-state index in [1.54, 1.807) is 0 Å². The first-order valence-corrected chi connectivity index (χ1v) is 7.35. The molecule has 0 aromatic heterocycles. The Hall–Kier alpha value is -1.45. The maximum Gasteiger partial charge on any atom is 0.130 e. The van der Waals surface area contributed by atoms with Crippen LogP contribution in [0.3, 0.4) is 0 Å². The van der Waals surface area contributed by atoms with Crippen molar-refractivity contribution >= 4 is 11.6 Å². The number of nitrogens with one attached hydrogen (secondary N) is 1. The fourth-order valence-electron chi connectivity index (χ4n) is 2.39. The van der Waals surface area contributed by atoms with Crippen LogP contribution in [0.5, 0.6) is 0 Å². The molecule has 21 heavy (non-hydrogen) atoms. The Morgan fingerprint density at radius 3 is 2.33 bits per heavy atom. The smallest absolute Gasteiger partial charge is 0.130 e. The van der Waals surface area contributed by atoms with Gasteiger partial charge >= 0.3 is 0 Å². The molecule has 1 N–H and O–H groups in total. The Labute approximate surface area is 128 Å². The minimum absolute atomic E-state index is 0.0849. The molecule has 0 saturated carbocycles. The van der Waals surface area contributed by atoms with Gasteiger partial charge in [-0.15, -0.1) is 0 Å². The molecule has 0 fully saturated rings. The van der Waals surface area contributed by atoms with Crippen molar-refractivity contribution in [3.05, 3.63) is 70.2 Å². The van der Waals surface area contributed by atoms with Crippen LogP contribution in [-0.2, 0) is 0 Å². The molecule has 2 aromatic rings. The molecule has 112 valence electrons. The van der Waals surface area contributed by atoms with Crippen LogP contribution in [0.2, 0.25) is 5.02 Å². The number of benzene rings is 2. The van der Waals surface area contributed by atoms with Crippen molar-refractivity contribution in [2.45, 2.75) is 32.4 Å². The quantitative estimate of drug-likeness (QED) is 0.777. The Morgan fingerprint density at radius 2 is 1.76 bits per heavy atom. The van der Waals surface area contributed by atoms with E-state index in [-0.39, 0.29) is 12.1 Å². The summed E-state index contributed by atoms with van der Waals surface area (Å²) in [6.07, 6.45) is 0.856. The van der Waals surface area contributed by atoms with E-state index in [1.165, 1.54) is 12.1 Å². The second-order valence-corrected chi connectivity index (χ2v) is 5.50. The average molecular weight is 310 g/mol. The molecule has 2 aromatic carbocycles. The lowest BCUT2D eigenvalue weighted by atomic mass is 10.0. The zero-order valence-electron chi connectivity index (χ0n) is 12.0. The minimum atomic E-state index is -0.562. The second kappa shape index (κ2) is 7.01. The van der Waals surface area contributed by atoms with Gasteiger partial charge in [0.25, 0.3) is 0 Å². The largest absolute Gasteiger partial charge is 0.303 e. The Balaban J connectivity index is 2.15. The summed E-state index contributed by atoms with van der Waals surface area (Å²) < 4.78 is 26.8. The third-order valence-corrected chi connectivity index (χ3v) is 3.81. The molecule has 0 bridgehead atoms. The van der Waals surface area contributed by atoms with Gasteiger partial charge in [-0.05, 0) is 37.1 Å². The third-order valence-electron chi connectivity index (χ3n) is 3.56. The summed E-state index contributed by atoms with van der Waals surface area (Å²) in [4.78, 5) is 0. The standard InChI is InChI=1S/C17H18ClF2N/c1-3-17(12-4-6-13(18)7-5-12)21-11(2)15-9-8-14(19)10-16(15)20/h4-11,17,21H,3H2,1-2H3. The molecule has 0 aliphatic heterocycles. The van der Waals surface area contributed by atoms with E-state index >= 15 is 0 Å². The third kappa shape index (κ3) is 4.02. The van der Waals surface area contributed by atoms with Crippen molar-refractivity contribution in [2.24, 2.45) is 0 Å². The predicted molar refractivity (Wildman–Crippen MR) is 82.4 cm³/mol. The fraction of sp³-hybridized carbons (Fsp3) is 0.294. The molecule has 0 aliphatic rings. The highest BCUT2D eigenvalue weighted by Gasteiger charge is 2.16. The molecule has 4 heteroatoms.